The Morgan fingerprint density at radius 1 is 1.35 bits per heavy atom. The van der Waals surface area contributed by atoms with Crippen molar-refractivity contribution < 1.29 is 9.59 Å². The molecule has 1 aliphatic rings. The van der Waals surface area contributed by atoms with Crippen molar-refractivity contribution in [1.29, 1.82) is 0 Å². The molecule has 0 radical (unpaired) electrons. The minimum absolute atomic E-state index is 0. The summed E-state index contributed by atoms with van der Waals surface area (Å²) in [5, 5.41) is 6.95. The second-order valence-corrected chi connectivity index (χ2v) is 7.23. The summed E-state index contributed by atoms with van der Waals surface area (Å²) in [4.78, 5) is 26.4. The zero-order valence-electron chi connectivity index (χ0n) is 14.9. The lowest BCUT2D eigenvalue weighted by molar-refractivity contribution is -0.135. The molecule has 26 heavy (non-hydrogen) atoms. The normalized spacial score (nSPS) is 16.0. The summed E-state index contributed by atoms with van der Waals surface area (Å²) < 4.78 is 0. The van der Waals surface area contributed by atoms with E-state index >= 15 is 0 Å². The van der Waals surface area contributed by atoms with Gasteiger partial charge in [-0.3, -0.25) is 9.59 Å². The summed E-state index contributed by atoms with van der Waals surface area (Å²) >= 11 is 12.0. The molecule has 1 aromatic carbocycles. The third-order valence-electron chi connectivity index (χ3n) is 4.31. The highest BCUT2D eigenvalue weighted by atomic mass is 35.5. The van der Waals surface area contributed by atoms with Crippen LogP contribution in [0.4, 0.5) is 5.69 Å². The fourth-order valence-electron chi connectivity index (χ4n) is 2.96. The number of carbonyl (C=O) groups is 2. The van der Waals surface area contributed by atoms with Crippen molar-refractivity contribution in [2.45, 2.75) is 32.6 Å². The molecule has 0 spiro atoms. The van der Waals surface area contributed by atoms with Gasteiger partial charge in [0.15, 0.2) is 0 Å². The Balaban J connectivity index is 0.00000338. The van der Waals surface area contributed by atoms with Crippen molar-refractivity contribution in [3.8, 4) is 0 Å². The Bertz CT molecular complexity index is 607. The first-order valence-corrected chi connectivity index (χ1v) is 9.48. The van der Waals surface area contributed by atoms with Crippen LogP contribution in [0.3, 0.4) is 0 Å². The molecule has 2 rings (SSSR count). The van der Waals surface area contributed by atoms with E-state index in [9.17, 15) is 9.59 Å². The summed E-state index contributed by atoms with van der Waals surface area (Å²) in [7, 11) is 0. The minimum Gasteiger partial charge on any atom is -0.333 e. The van der Waals surface area contributed by atoms with Crippen LogP contribution in [0.2, 0.25) is 10.0 Å². The molecule has 146 valence electrons. The SMILES string of the molecule is CCCN(CC(=O)Nc1cc(Cl)ccc1Cl)C(=O)CCC1CCNC1.Cl. The average Bonchev–Trinajstić information content (AvgIpc) is 3.09. The summed E-state index contributed by atoms with van der Waals surface area (Å²) in [5.41, 5.74) is 0.458. The highest BCUT2D eigenvalue weighted by molar-refractivity contribution is 6.35. The number of halogens is 3. The van der Waals surface area contributed by atoms with Crippen LogP contribution in [0.5, 0.6) is 0 Å². The average molecular weight is 423 g/mol. The summed E-state index contributed by atoms with van der Waals surface area (Å²) in [6.07, 6.45) is 3.28. The smallest absolute Gasteiger partial charge is 0.244 e. The predicted octanol–water partition coefficient (Wildman–Crippen LogP) is 3.98. The molecule has 1 atom stereocenters. The van der Waals surface area contributed by atoms with Crippen LogP contribution >= 0.6 is 35.6 Å². The molecule has 8 heteroatoms. The molecule has 1 heterocycles. The van der Waals surface area contributed by atoms with E-state index in [2.05, 4.69) is 10.6 Å². The van der Waals surface area contributed by atoms with Gasteiger partial charge in [-0.15, -0.1) is 12.4 Å². The third kappa shape index (κ3) is 7.31. The first-order chi connectivity index (χ1) is 12.0. The van der Waals surface area contributed by atoms with Gasteiger partial charge in [0.25, 0.3) is 0 Å². The van der Waals surface area contributed by atoms with Gasteiger partial charge < -0.3 is 15.5 Å². The van der Waals surface area contributed by atoms with E-state index < -0.39 is 0 Å². The first kappa shape index (κ1) is 23.0. The van der Waals surface area contributed by atoms with Gasteiger partial charge in [0, 0.05) is 18.0 Å². The summed E-state index contributed by atoms with van der Waals surface area (Å²) in [6, 6.07) is 4.88. The molecule has 0 bridgehead atoms. The number of anilines is 1. The zero-order valence-corrected chi connectivity index (χ0v) is 17.2. The maximum atomic E-state index is 12.5. The molecule has 1 aromatic rings. The number of amides is 2. The van der Waals surface area contributed by atoms with Crippen LogP contribution in [-0.4, -0.2) is 42.9 Å². The first-order valence-electron chi connectivity index (χ1n) is 8.73. The van der Waals surface area contributed by atoms with Crippen LogP contribution in [0, 0.1) is 5.92 Å². The number of benzene rings is 1. The predicted molar refractivity (Wildman–Crippen MR) is 109 cm³/mol. The van der Waals surface area contributed by atoms with E-state index in [0.29, 0.717) is 34.6 Å². The molecule has 5 nitrogen and oxygen atoms in total. The lowest BCUT2D eigenvalue weighted by Gasteiger charge is -2.22. The van der Waals surface area contributed by atoms with E-state index in [0.717, 1.165) is 32.4 Å². The Hall–Kier alpha value is -1.01. The van der Waals surface area contributed by atoms with Gasteiger partial charge >= 0.3 is 0 Å². The standard InChI is InChI=1S/C18H25Cl2N3O2.ClH/c1-2-9-23(18(25)6-3-13-7-8-21-11-13)12-17(24)22-16-10-14(19)4-5-15(16)20;/h4-5,10,13,21H,2-3,6-9,11-12H2,1H3,(H,22,24);1H. The van der Waals surface area contributed by atoms with Gasteiger partial charge in [0.1, 0.15) is 0 Å². The van der Waals surface area contributed by atoms with E-state index in [-0.39, 0.29) is 30.8 Å². The fourth-order valence-corrected chi connectivity index (χ4v) is 3.30. The lowest BCUT2D eigenvalue weighted by Crippen LogP contribution is -2.38. The van der Waals surface area contributed by atoms with E-state index in [4.69, 9.17) is 23.2 Å². The molecule has 2 amide bonds. The fraction of sp³-hybridized carbons (Fsp3) is 0.556. The van der Waals surface area contributed by atoms with E-state index in [1.165, 1.54) is 0 Å². The van der Waals surface area contributed by atoms with Crippen LogP contribution < -0.4 is 10.6 Å². The monoisotopic (exact) mass is 421 g/mol. The summed E-state index contributed by atoms with van der Waals surface area (Å²) in [5.74, 6) is 0.320. The highest BCUT2D eigenvalue weighted by Crippen LogP contribution is 2.25. The van der Waals surface area contributed by atoms with E-state index in [1.54, 1.807) is 23.1 Å². The number of rotatable bonds is 8. The van der Waals surface area contributed by atoms with Crippen molar-refractivity contribution in [2.75, 3.05) is 31.5 Å². The largest absolute Gasteiger partial charge is 0.333 e. The van der Waals surface area contributed by atoms with Crippen LogP contribution in [0.15, 0.2) is 18.2 Å². The van der Waals surface area contributed by atoms with Crippen molar-refractivity contribution >= 4 is 53.1 Å². The Labute approximate surface area is 171 Å². The quantitative estimate of drug-likeness (QED) is 0.666. The molecule has 0 saturated carbocycles. The summed E-state index contributed by atoms with van der Waals surface area (Å²) in [6.45, 7) is 4.60. The molecule has 1 unspecified atom stereocenters. The third-order valence-corrected chi connectivity index (χ3v) is 4.88. The van der Waals surface area contributed by atoms with Crippen LogP contribution in [-0.2, 0) is 9.59 Å². The molecule has 1 aliphatic heterocycles. The molecule has 1 saturated heterocycles. The Kier molecular flexibility index (Phi) is 10.3. The van der Waals surface area contributed by atoms with Crippen LogP contribution in [0.1, 0.15) is 32.6 Å². The van der Waals surface area contributed by atoms with Gasteiger partial charge in [-0.1, -0.05) is 30.1 Å². The number of hydrogen-bond donors (Lipinski definition) is 2. The highest BCUT2D eigenvalue weighted by Gasteiger charge is 2.20. The van der Waals surface area contributed by atoms with Crippen molar-refractivity contribution in [3.63, 3.8) is 0 Å². The van der Waals surface area contributed by atoms with Gasteiger partial charge in [-0.2, -0.15) is 0 Å². The zero-order chi connectivity index (χ0) is 18.2. The number of nitrogens with zero attached hydrogens (tertiary/aromatic N) is 1. The van der Waals surface area contributed by atoms with Crippen molar-refractivity contribution in [1.82, 2.24) is 10.2 Å². The Morgan fingerprint density at radius 2 is 2.12 bits per heavy atom. The number of nitrogens with one attached hydrogen (secondary N) is 2. The molecule has 0 aromatic heterocycles. The minimum atomic E-state index is -0.270. The van der Waals surface area contributed by atoms with Crippen molar-refractivity contribution in [3.05, 3.63) is 28.2 Å². The molecule has 2 N–H and O–H groups in total. The number of hydrogen-bond acceptors (Lipinski definition) is 3. The van der Waals surface area contributed by atoms with E-state index in [1.807, 2.05) is 6.92 Å². The van der Waals surface area contributed by atoms with Gasteiger partial charge in [-0.05, 0) is 56.5 Å². The maximum Gasteiger partial charge on any atom is 0.244 e. The second kappa shape index (κ2) is 11.7. The molecule has 0 aliphatic carbocycles. The molecular formula is C18H26Cl3N3O2. The second-order valence-electron chi connectivity index (χ2n) is 6.39. The van der Waals surface area contributed by atoms with Gasteiger partial charge in [0.05, 0.1) is 17.3 Å². The Morgan fingerprint density at radius 3 is 2.77 bits per heavy atom. The van der Waals surface area contributed by atoms with Crippen LogP contribution in [0.25, 0.3) is 0 Å². The van der Waals surface area contributed by atoms with Gasteiger partial charge in [-0.25, -0.2) is 0 Å². The van der Waals surface area contributed by atoms with Crippen molar-refractivity contribution in [2.24, 2.45) is 5.92 Å². The lowest BCUT2D eigenvalue weighted by atomic mass is 10.0. The number of carbonyl (C=O) groups excluding carboxylic acids is 2. The maximum absolute atomic E-state index is 12.5. The topological polar surface area (TPSA) is 61.4 Å². The molecular weight excluding hydrogens is 397 g/mol. The molecule has 1 fully saturated rings. The van der Waals surface area contributed by atoms with Gasteiger partial charge in [0.2, 0.25) is 11.8 Å².